The molecule has 3 aromatic rings. The van der Waals surface area contributed by atoms with Crippen molar-refractivity contribution in [3.05, 3.63) is 95.1 Å². The van der Waals surface area contributed by atoms with E-state index in [1.54, 1.807) is 24.3 Å². The molecular weight excluding hydrogens is 484 g/mol. The Morgan fingerprint density at radius 3 is 1.84 bits per heavy atom. The first-order chi connectivity index (χ1) is 18.6. The molecule has 1 aliphatic heterocycles. The van der Waals surface area contributed by atoms with Gasteiger partial charge in [-0.15, -0.1) is 0 Å². The molecule has 8 nitrogen and oxygen atoms in total. The number of nitrogens with zero attached hydrogens (tertiary/aromatic N) is 1. The molecule has 0 spiro atoms. The zero-order chi connectivity index (χ0) is 26.3. The van der Waals surface area contributed by atoms with Gasteiger partial charge in [0, 0.05) is 19.1 Å². The minimum Gasteiger partial charge on any atom is -0.449 e. The van der Waals surface area contributed by atoms with Crippen molar-refractivity contribution >= 4 is 17.9 Å². The molecular formula is C30H30N2O6. The van der Waals surface area contributed by atoms with Crippen LogP contribution in [0.1, 0.15) is 44.2 Å². The van der Waals surface area contributed by atoms with Crippen LogP contribution < -0.4 is 5.32 Å². The Labute approximate surface area is 221 Å². The first-order valence-electron chi connectivity index (χ1n) is 12.8. The van der Waals surface area contributed by atoms with Crippen LogP contribution in [0.3, 0.4) is 0 Å². The average Bonchev–Trinajstić information content (AvgIpc) is 3.40. The molecule has 0 atom stereocenters. The number of imide groups is 1. The lowest BCUT2D eigenvalue weighted by Crippen LogP contribution is -2.33. The van der Waals surface area contributed by atoms with Gasteiger partial charge < -0.3 is 19.5 Å². The van der Waals surface area contributed by atoms with Crippen LogP contribution >= 0.6 is 0 Å². The fraction of sp³-hybridized carbons (Fsp3) is 0.300. The molecule has 8 heteroatoms. The van der Waals surface area contributed by atoms with Crippen molar-refractivity contribution in [2.45, 2.75) is 12.3 Å². The van der Waals surface area contributed by atoms with Gasteiger partial charge in [0.25, 0.3) is 11.8 Å². The number of ether oxygens (including phenoxy) is 3. The van der Waals surface area contributed by atoms with Gasteiger partial charge in [-0.25, -0.2) is 4.79 Å². The summed E-state index contributed by atoms with van der Waals surface area (Å²) in [7, 11) is 0. The maximum Gasteiger partial charge on any atom is 0.407 e. The van der Waals surface area contributed by atoms with Gasteiger partial charge >= 0.3 is 6.09 Å². The summed E-state index contributed by atoms with van der Waals surface area (Å²) >= 11 is 0. The number of alkyl carbamates (subject to hydrolysis) is 1. The fourth-order valence-corrected chi connectivity index (χ4v) is 4.93. The SMILES string of the molecule is O=C(NCCCOCCOCCN1C(=O)c2ccccc2C1=O)OCC1c2ccccc2-c2ccccc21. The zero-order valence-electron chi connectivity index (χ0n) is 21.1. The third kappa shape index (κ3) is 5.46. The summed E-state index contributed by atoms with van der Waals surface area (Å²) in [6.45, 7) is 2.38. The van der Waals surface area contributed by atoms with E-state index in [1.165, 1.54) is 27.2 Å². The number of carbonyl (C=O) groups is 3. The second kappa shape index (κ2) is 12.0. The lowest BCUT2D eigenvalue weighted by Gasteiger charge is -2.14. The molecule has 3 aromatic carbocycles. The summed E-state index contributed by atoms with van der Waals surface area (Å²) in [4.78, 5) is 38.0. The molecule has 3 amide bonds. The van der Waals surface area contributed by atoms with Gasteiger partial charge in [0.1, 0.15) is 6.61 Å². The van der Waals surface area contributed by atoms with E-state index in [1.807, 2.05) is 24.3 Å². The van der Waals surface area contributed by atoms with Gasteiger partial charge in [0.15, 0.2) is 0 Å². The van der Waals surface area contributed by atoms with Crippen LogP contribution in [-0.4, -0.2) is 68.9 Å². The van der Waals surface area contributed by atoms with E-state index in [2.05, 4.69) is 29.6 Å². The number of fused-ring (bicyclic) bond motifs is 4. The fourth-order valence-electron chi connectivity index (χ4n) is 4.93. The maximum atomic E-state index is 12.3. The van der Waals surface area contributed by atoms with E-state index in [-0.39, 0.29) is 37.5 Å². The Bertz CT molecular complexity index is 1240. The van der Waals surface area contributed by atoms with Crippen molar-refractivity contribution < 1.29 is 28.6 Å². The predicted octanol–water partition coefficient (Wildman–Crippen LogP) is 4.24. The van der Waals surface area contributed by atoms with E-state index in [4.69, 9.17) is 14.2 Å². The Hall–Kier alpha value is -4.01. The molecule has 1 N–H and O–H groups in total. The van der Waals surface area contributed by atoms with Crippen molar-refractivity contribution in [3.8, 4) is 11.1 Å². The highest BCUT2D eigenvalue weighted by Crippen LogP contribution is 2.44. The van der Waals surface area contributed by atoms with Crippen LogP contribution in [0.25, 0.3) is 11.1 Å². The number of benzene rings is 3. The highest BCUT2D eigenvalue weighted by Gasteiger charge is 2.34. The van der Waals surface area contributed by atoms with E-state index in [0.29, 0.717) is 43.9 Å². The first-order valence-corrected chi connectivity index (χ1v) is 12.8. The molecule has 38 heavy (non-hydrogen) atoms. The van der Waals surface area contributed by atoms with Gasteiger partial charge in [0.2, 0.25) is 0 Å². The predicted molar refractivity (Wildman–Crippen MR) is 141 cm³/mol. The summed E-state index contributed by atoms with van der Waals surface area (Å²) in [6.07, 6.45) is 0.197. The zero-order valence-corrected chi connectivity index (χ0v) is 21.1. The molecule has 1 heterocycles. The lowest BCUT2D eigenvalue weighted by molar-refractivity contribution is 0.0350. The van der Waals surface area contributed by atoms with Crippen LogP contribution in [0, 0.1) is 0 Å². The van der Waals surface area contributed by atoms with E-state index >= 15 is 0 Å². The first kappa shape index (κ1) is 25.6. The van der Waals surface area contributed by atoms with Gasteiger partial charge in [0.05, 0.1) is 37.5 Å². The van der Waals surface area contributed by atoms with Crippen molar-refractivity contribution in [3.63, 3.8) is 0 Å². The minimum absolute atomic E-state index is 0.0357. The second-order valence-electron chi connectivity index (χ2n) is 9.14. The molecule has 2 aliphatic rings. The Morgan fingerprint density at radius 2 is 1.24 bits per heavy atom. The smallest absolute Gasteiger partial charge is 0.407 e. The molecule has 0 saturated carbocycles. The van der Waals surface area contributed by atoms with Crippen LogP contribution in [0.15, 0.2) is 72.8 Å². The number of hydrogen-bond acceptors (Lipinski definition) is 6. The average molecular weight is 515 g/mol. The van der Waals surface area contributed by atoms with E-state index in [9.17, 15) is 14.4 Å². The third-order valence-electron chi connectivity index (χ3n) is 6.79. The maximum absolute atomic E-state index is 12.3. The molecule has 0 unspecified atom stereocenters. The molecule has 0 fully saturated rings. The molecule has 0 aromatic heterocycles. The third-order valence-corrected chi connectivity index (χ3v) is 6.79. The quantitative estimate of drug-likeness (QED) is 0.287. The number of rotatable bonds is 12. The molecule has 0 saturated heterocycles. The van der Waals surface area contributed by atoms with Crippen molar-refractivity contribution in [1.82, 2.24) is 10.2 Å². The minimum atomic E-state index is -0.441. The van der Waals surface area contributed by atoms with Crippen molar-refractivity contribution in [2.24, 2.45) is 0 Å². The van der Waals surface area contributed by atoms with E-state index in [0.717, 1.165) is 0 Å². The highest BCUT2D eigenvalue weighted by atomic mass is 16.5. The van der Waals surface area contributed by atoms with Crippen LogP contribution in [0.4, 0.5) is 4.79 Å². The van der Waals surface area contributed by atoms with E-state index < -0.39 is 6.09 Å². The topological polar surface area (TPSA) is 94.2 Å². The summed E-state index contributed by atoms with van der Waals surface area (Å²) in [5.74, 6) is -0.530. The summed E-state index contributed by atoms with van der Waals surface area (Å²) in [5, 5.41) is 2.77. The Balaban J connectivity index is 0.916. The number of hydrogen-bond donors (Lipinski definition) is 1. The van der Waals surface area contributed by atoms with Crippen LogP contribution in [0.2, 0.25) is 0 Å². The lowest BCUT2D eigenvalue weighted by atomic mass is 9.98. The normalized spacial score (nSPS) is 13.8. The van der Waals surface area contributed by atoms with Crippen LogP contribution in [0.5, 0.6) is 0 Å². The largest absolute Gasteiger partial charge is 0.449 e. The molecule has 0 bridgehead atoms. The molecule has 0 radical (unpaired) electrons. The van der Waals surface area contributed by atoms with Gasteiger partial charge in [-0.05, 0) is 40.8 Å². The number of carbonyl (C=O) groups excluding carboxylic acids is 3. The van der Waals surface area contributed by atoms with Gasteiger partial charge in [-0.3, -0.25) is 14.5 Å². The summed E-state index contributed by atoms with van der Waals surface area (Å²) in [6, 6.07) is 23.3. The van der Waals surface area contributed by atoms with Crippen molar-refractivity contribution in [2.75, 3.05) is 46.1 Å². The second-order valence-corrected chi connectivity index (χ2v) is 9.14. The number of amides is 3. The molecule has 1 aliphatic carbocycles. The monoisotopic (exact) mass is 514 g/mol. The molecule has 196 valence electrons. The number of nitrogens with one attached hydrogen (secondary N) is 1. The Morgan fingerprint density at radius 1 is 0.711 bits per heavy atom. The standard InChI is InChI=1S/C30H30N2O6/c33-28-25-12-5-6-13-26(25)29(34)32(28)15-17-37-19-18-36-16-7-14-31-30(35)38-20-27-23-10-3-1-8-21(23)22-9-2-4-11-24(22)27/h1-6,8-13,27H,7,14-20H2,(H,31,35). The molecule has 5 rings (SSSR count). The van der Waals surface area contributed by atoms with Gasteiger partial charge in [-0.2, -0.15) is 0 Å². The summed E-state index contributed by atoms with van der Waals surface area (Å²) in [5.41, 5.74) is 5.63. The van der Waals surface area contributed by atoms with Crippen molar-refractivity contribution in [1.29, 1.82) is 0 Å². The summed E-state index contributed by atoms with van der Waals surface area (Å²) < 4.78 is 16.6. The Kier molecular flexibility index (Phi) is 8.11. The highest BCUT2D eigenvalue weighted by molar-refractivity contribution is 6.21. The van der Waals surface area contributed by atoms with Crippen LogP contribution in [-0.2, 0) is 14.2 Å². The van der Waals surface area contributed by atoms with Gasteiger partial charge in [-0.1, -0.05) is 60.7 Å².